The number of hydrogen-bond donors (Lipinski definition) is 2. The van der Waals surface area contributed by atoms with Gasteiger partial charge in [0.25, 0.3) is 5.91 Å². The molecule has 7 heteroatoms. The predicted molar refractivity (Wildman–Crippen MR) is 95.4 cm³/mol. The summed E-state index contributed by atoms with van der Waals surface area (Å²) >= 11 is 1.58. The molecule has 126 valence electrons. The van der Waals surface area contributed by atoms with Crippen molar-refractivity contribution in [1.29, 1.82) is 0 Å². The maximum atomic E-state index is 12.6. The maximum Gasteiger partial charge on any atom is 0.273 e. The molecule has 0 aromatic carbocycles. The number of nitrogens with one attached hydrogen (secondary N) is 1. The van der Waals surface area contributed by atoms with Crippen LogP contribution in [-0.4, -0.2) is 32.0 Å². The second-order valence-electron chi connectivity index (χ2n) is 5.69. The van der Waals surface area contributed by atoms with Gasteiger partial charge in [0, 0.05) is 18.3 Å². The number of aliphatic hydroxyl groups excluding tert-OH is 1. The number of amides is 1. The average molecular weight is 344 g/mol. The van der Waals surface area contributed by atoms with E-state index < -0.39 is 0 Å². The summed E-state index contributed by atoms with van der Waals surface area (Å²) in [6.45, 7) is 4.34. The van der Waals surface area contributed by atoms with E-state index in [9.17, 15) is 9.90 Å². The molecule has 0 atom stereocenters. The zero-order valence-electron chi connectivity index (χ0n) is 13.6. The molecule has 0 bridgehead atoms. The first kappa shape index (κ1) is 16.5. The number of aliphatic hydroxyl groups is 1. The van der Waals surface area contributed by atoms with E-state index in [4.69, 9.17) is 0 Å². The molecule has 3 aromatic rings. The number of thiophene rings is 1. The average Bonchev–Trinajstić information content (AvgIpc) is 3.28. The highest BCUT2D eigenvalue weighted by Gasteiger charge is 2.17. The second kappa shape index (κ2) is 7.02. The lowest BCUT2D eigenvalue weighted by Crippen LogP contribution is -2.20. The van der Waals surface area contributed by atoms with Crippen LogP contribution in [0.15, 0.2) is 41.9 Å². The third kappa shape index (κ3) is 3.27. The van der Waals surface area contributed by atoms with Gasteiger partial charge in [0.05, 0.1) is 18.0 Å². The third-order valence-corrected chi connectivity index (χ3v) is 4.57. The molecule has 3 rings (SSSR count). The minimum atomic E-state index is -0.189. The van der Waals surface area contributed by atoms with E-state index in [0.717, 1.165) is 10.6 Å². The summed E-state index contributed by atoms with van der Waals surface area (Å²) in [4.78, 5) is 13.6. The molecule has 0 aliphatic rings. The highest BCUT2D eigenvalue weighted by Crippen LogP contribution is 2.26. The second-order valence-corrected chi connectivity index (χ2v) is 6.64. The summed E-state index contributed by atoms with van der Waals surface area (Å²) in [5.74, 6) is 0.388. The van der Waals surface area contributed by atoms with E-state index in [1.165, 1.54) is 0 Å². The van der Waals surface area contributed by atoms with Crippen LogP contribution in [0.2, 0.25) is 0 Å². The van der Waals surface area contributed by atoms with Crippen LogP contribution in [0.4, 0.5) is 5.82 Å². The molecule has 0 radical (unpaired) electrons. The minimum Gasteiger partial charge on any atom is -0.394 e. The van der Waals surface area contributed by atoms with Crippen LogP contribution in [0.25, 0.3) is 10.6 Å². The molecule has 0 unspecified atom stereocenters. The van der Waals surface area contributed by atoms with Crippen LogP contribution >= 0.6 is 11.3 Å². The van der Waals surface area contributed by atoms with E-state index in [0.29, 0.717) is 18.1 Å². The molecule has 3 heterocycles. The highest BCUT2D eigenvalue weighted by atomic mass is 32.1. The molecule has 6 nitrogen and oxygen atoms in total. The summed E-state index contributed by atoms with van der Waals surface area (Å²) in [6, 6.07) is 9.62. The van der Waals surface area contributed by atoms with Crippen molar-refractivity contribution in [2.45, 2.75) is 26.4 Å². The molecule has 0 saturated heterocycles. The Labute approximate surface area is 144 Å². The third-order valence-electron chi connectivity index (χ3n) is 3.67. The lowest BCUT2D eigenvalue weighted by Gasteiger charge is -2.13. The van der Waals surface area contributed by atoms with Crippen molar-refractivity contribution in [2.75, 3.05) is 11.9 Å². The zero-order valence-corrected chi connectivity index (χ0v) is 14.5. The summed E-state index contributed by atoms with van der Waals surface area (Å²) in [6.07, 6.45) is 1.89. The number of hydrogen-bond acceptors (Lipinski definition) is 4. The number of carbonyl (C=O) groups is 1. The Morgan fingerprint density at radius 2 is 2.21 bits per heavy atom. The van der Waals surface area contributed by atoms with Gasteiger partial charge in [-0.2, -0.15) is 5.10 Å². The van der Waals surface area contributed by atoms with Crippen LogP contribution in [0.3, 0.4) is 0 Å². The SMILES string of the molecule is CC(C)n1cccc1C(=O)Nc1cc(-c2cccs2)nn1CCO. The molecule has 0 spiro atoms. The van der Waals surface area contributed by atoms with Gasteiger partial charge < -0.3 is 15.0 Å². The van der Waals surface area contributed by atoms with Gasteiger partial charge in [-0.3, -0.25) is 4.79 Å². The number of anilines is 1. The monoisotopic (exact) mass is 344 g/mol. The molecule has 0 aliphatic carbocycles. The molecule has 0 fully saturated rings. The van der Waals surface area contributed by atoms with Gasteiger partial charge in [-0.05, 0) is 37.4 Å². The van der Waals surface area contributed by atoms with Crippen molar-refractivity contribution in [2.24, 2.45) is 0 Å². The first-order chi connectivity index (χ1) is 11.6. The fraction of sp³-hybridized carbons (Fsp3) is 0.294. The van der Waals surface area contributed by atoms with Gasteiger partial charge in [0.2, 0.25) is 0 Å². The molecular weight excluding hydrogens is 324 g/mol. The van der Waals surface area contributed by atoms with Crippen molar-refractivity contribution >= 4 is 23.1 Å². The van der Waals surface area contributed by atoms with Gasteiger partial charge in [-0.15, -0.1) is 11.3 Å². The molecule has 3 aromatic heterocycles. The fourth-order valence-corrected chi connectivity index (χ4v) is 3.23. The Hall–Kier alpha value is -2.38. The number of rotatable bonds is 6. The number of carbonyl (C=O) groups excluding carboxylic acids is 1. The Morgan fingerprint density at radius 1 is 1.38 bits per heavy atom. The molecule has 0 aliphatic heterocycles. The molecule has 1 amide bonds. The Balaban J connectivity index is 1.88. The van der Waals surface area contributed by atoms with E-state index >= 15 is 0 Å². The van der Waals surface area contributed by atoms with E-state index in [1.54, 1.807) is 22.1 Å². The summed E-state index contributed by atoms with van der Waals surface area (Å²) in [5, 5.41) is 18.6. The predicted octanol–water partition coefficient (Wildman–Crippen LogP) is 3.24. The van der Waals surface area contributed by atoms with Crippen molar-refractivity contribution in [3.05, 3.63) is 47.6 Å². The number of nitrogens with zero attached hydrogens (tertiary/aromatic N) is 3. The molecular formula is C17H20N4O2S. The van der Waals surface area contributed by atoms with Crippen LogP contribution in [0, 0.1) is 0 Å². The summed E-state index contributed by atoms with van der Waals surface area (Å²) < 4.78 is 3.54. The lowest BCUT2D eigenvalue weighted by molar-refractivity contribution is 0.101. The van der Waals surface area contributed by atoms with Crippen LogP contribution < -0.4 is 5.32 Å². The van der Waals surface area contributed by atoms with Gasteiger partial charge in [0.1, 0.15) is 17.2 Å². The van der Waals surface area contributed by atoms with E-state index in [2.05, 4.69) is 10.4 Å². The quantitative estimate of drug-likeness (QED) is 0.721. The highest BCUT2D eigenvalue weighted by molar-refractivity contribution is 7.13. The minimum absolute atomic E-state index is 0.0448. The largest absolute Gasteiger partial charge is 0.394 e. The zero-order chi connectivity index (χ0) is 17.1. The van der Waals surface area contributed by atoms with E-state index in [-0.39, 0.29) is 18.6 Å². The standard InChI is InChI=1S/C17H20N4O2S/c1-12(2)20-7-3-5-14(20)17(23)18-16-11-13(15-6-4-10-24-15)19-21(16)8-9-22/h3-7,10-12,22H,8-9H2,1-2H3,(H,18,23). The Kier molecular flexibility index (Phi) is 4.82. The lowest BCUT2D eigenvalue weighted by atomic mass is 10.3. The Morgan fingerprint density at radius 3 is 2.88 bits per heavy atom. The topological polar surface area (TPSA) is 72.1 Å². The summed E-state index contributed by atoms with van der Waals surface area (Å²) in [5.41, 5.74) is 1.38. The van der Waals surface area contributed by atoms with Gasteiger partial charge >= 0.3 is 0 Å². The molecule has 2 N–H and O–H groups in total. The van der Waals surface area contributed by atoms with E-state index in [1.807, 2.05) is 54.3 Å². The van der Waals surface area contributed by atoms with Crippen LogP contribution in [0.5, 0.6) is 0 Å². The molecule has 0 saturated carbocycles. The first-order valence-electron chi connectivity index (χ1n) is 7.81. The number of aromatic nitrogens is 3. The molecule has 24 heavy (non-hydrogen) atoms. The first-order valence-corrected chi connectivity index (χ1v) is 8.69. The van der Waals surface area contributed by atoms with Crippen LogP contribution in [-0.2, 0) is 6.54 Å². The normalized spacial score (nSPS) is 11.2. The Bertz CT molecular complexity index is 818. The van der Waals surface area contributed by atoms with Crippen molar-refractivity contribution in [1.82, 2.24) is 14.3 Å². The van der Waals surface area contributed by atoms with Crippen molar-refractivity contribution < 1.29 is 9.90 Å². The fourth-order valence-electron chi connectivity index (χ4n) is 2.54. The maximum absolute atomic E-state index is 12.6. The van der Waals surface area contributed by atoms with Crippen LogP contribution in [0.1, 0.15) is 30.4 Å². The van der Waals surface area contributed by atoms with Gasteiger partial charge in [0.15, 0.2) is 0 Å². The van der Waals surface area contributed by atoms with Crippen molar-refractivity contribution in [3.8, 4) is 10.6 Å². The van der Waals surface area contributed by atoms with Gasteiger partial charge in [-0.25, -0.2) is 4.68 Å². The van der Waals surface area contributed by atoms with Crippen molar-refractivity contribution in [3.63, 3.8) is 0 Å². The smallest absolute Gasteiger partial charge is 0.273 e. The van der Waals surface area contributed by atoms with Gasteiger partial charge in [-0.1, -0.05) is 6.07 Å². The summed E-state index contributed by atoms with van der Waals surface area (Å²) in [7, 11) is 0.